The van der Waals surface area contributed by atoms with Crippen LogP contribution >= 0.6 is 0 Å². The highest BCUT2D eigenvalue weighted by Crippen LogP contribution is 2.21. The third kappa shape index (κ3) is 1.80. The zero-order valence-electron chi connectivity index (χ0n) is 9.09. The quantitative estimate of drug-likeness (QED) is 0.783. The van der Waals surface area contributed by atoms with Crippen LogP contribution in [0.5, 0.6) is 0 Å². The molecule has 1 aromatic carbocycles. The van der Waals surface area contributed by atoms with Crippen molar-refractivity contribution in [2.75, 3.05) is 0 Å². The summed E-state index contributed by atoms with van der Waals surface area (Å²) in [5.41, 5.74) is 2.18. The lowest BCUT2D eigenvalue weighted by atomic mass is 10.1. The topological polar surface area (TPSA) is 54.5 Å². The summed E-state index contributed by atoms with van der Waals surface area (Å²) in [5.74, 6) is 0. The van der Waals surface area contributed by atoms with E-state index in [1.165, 1.54) is 0 Å². The Hall–Kier alpha value is -2.15. The summed E-state index contributed by atoms with van der Waals surface area (Å²) in [6.45, 7) is 2.85. The van der Waals surface area contributed by atoms with Gasteiger partial charge in [-0.1, -0.05) is 42.5 Å². The monoisotopic (exact) mass is 212 g/mol. The van der Waals surface area contributed by atoms with E-state index in [0.717, 1.165) is 24.2 Å². The van der Waals surface area contributed by atoms with Crippen LogP contribution in [0.2, 0.25) is 0 Å². The second kappa shape index (κ2) is 4.58. The second-order valence-corrected chi connectivity index (χ2v) is 3.49. The molecule has 1 heterocycles. The van der Waals surface area contributed by atoms with E-state index in [2.05, 4.69) is 23.3 Å². The number of rotatable bonds is 3. The summed E-state index contributed by atoms with van der Waals surface area (Å²) in [6, 6.07) is 11.8. The van der Waals surface area contributed by atoms with Gasteiger partial charge in [0.1, 0.15) is 11.8 Å². The lowest BCUT2D eigenvalue weighted by Crippen LogP contribution is -2.01. The van der Waals surface area contributed by atoms with Crippen molar-refractivity contribution in [1.82, 2.24) is 15.0 Å². The van der Waals surface area contributed by atoms with Crippen LogP contribution in [0, 0.1) is 11.3 Å². The third-order valence-electron chi connectivity index (χ3n) is 2.32. The number of benzene rings is 1. The predicted molar refractivity (Wildman–Crippen MR) is 60.5 cm³/mol. The molecule has 0 spiro atoms. The van der Waals surface area contributed by atoms with Crippen molar-refractivity contribution >= 4 is 0 Å². The molecule has 0 N–H and O–H groups in total. The molecule has 0 unspecified atom stereocenters. The molecule has 0 fully saturated rings. The minimum Gasteiger partial charge on any atom is -0.243 e. The third-order valence-corrected chi connectivity index (χ3v) is 2.32. The van der Waals surface area contributed by atoms with E-state index in [0.29, 0.717) is 5.69 Å². The van der Waals surface area contributed by atoms with Crippen LogP contribution in [0.3, 0.4) is 0 Å². The molecule has 4 heteroatoms. The standard InChI is InChI=1S/C12H12N4/c1-2-8-16-12(11(9-13)14-15-16)10-6-4-3-5-7-10/h3-7H,2,8H2,1H3. The Kier molecular flexibility index (Phi) is 2.97. The Bertz CT molecular complexity index is 508. The molecule has 16 heavy (non-hydrogen) atoms. The van der Waals surface area contributed by atoms with Crippen LogP contribution < -0.4 is 0 Å². The molecule has 0 aliphatic carbocycles. The van der Waals surface area contributed by atoms with Gasteiger partial charge in [0.2, 0.25) is 0 Å². The normalized spacial score (nSPS) is 10.0. The fraction of sp³-hybridized carbons (Fsp3) is 0.250. The van der Waals surface area contributed by atoms with Crippen molar-refractivity contribution in [1.29, 1.82) is 5.26 Å². The van der Waals surface area contributed by atoms with E-state index < -0.39 is 0 Å². The van der Waals surface area contributed by atoms with Gasteiger partial charge in [0.05, 0.1) is 0 Å². The van der Waals surface area contributed by atoms with Crippen molar-refractivity contribution in [2.45, 2.75) is 19.9 Å². The molecular weight excluding hydrogens is 200 g/mol. The number of nitrogens with zero attached hydrogens (tertiary/aromatic N) is 4. The van der Waals surface area contributed by atoms with E-state index in [1.807, 2.05) is 30.3 Å². The molecule has 0 saturated heterocycles. The number of aryl methyl sites for hydroxylation is 1. The maximum atomic E-state index is 9.00. The number of nitriles is 1. The highest BCUT2D eigenvalue weighted by molar-refractivity contribution is 5.64. The molecule has 2 rings (SSSR count). The first kappa shape index (κ1) is 10.4. The number of aromatic nitrogens is 3. The minimum absolute atomic E-state index is 0.389. The van der Waals surface area contributed by atoms with E-state index in [-0.39, 0.29) is 0 Å². The summed E-state index contributed by atoms with van der Waals surface area (Å²) in [4.78, 5) is 0. The van der Waals surface area contributed by atoms with Crippen molar-refractivity contribution in [3.05, 3.63) is 36.0 Å². The van der Waals surface area contributed by atoms with Gasteiger partial charge in [-0.3, -0.25) is 0 Å². The van der Waals surface area contributed by atoms with Crippen molar-refractivity contribution in [3.63, 3.8) is 0 Å². The average molecular weight is 212 g/mol. The maximum Gasteiger partial charge on any atom is 0.190 e. The van der Waals surface area contributed by atoms with Gasteiger partial charge in [0.15, 0.2) is 5.69 Å². The maximum absolute atomic E-state index is 9.00. The fourth-order valence-corrected chi connectivity index (χ4v) is 1.64. The van der Waals surface area contributed by atoms with Gasteiger partial charge in [-0.15, -0.1) is 5.10 Å². The molecule has 80 valence electrons. The molecule has 0 saturated carbocycles. The summed E-state index contributed by atoms with van der Waals surface area (Å²) in [6.07, 6.45) is 0.966. The first-order chi connectivity index (χ1) is 7.86. The molecule has 0 aliphatic rings. The van der Waals surface area contributed by atoms with Crippen LogP contribution in [0.25, 0.3) is 11.3 Å². The Labute approximate surface area is 94.1 Å². The van der Waals surface area contributed by atoms with Crippen LogP contribution in [0.15, 0.2) is 30.3 Å². The van der Waals surface area contributed by atoms with E-state index in [1.54, 1.807) is 4.68 Å². The molecule has 1 aromatic heterocycles. The molecule has 4 nitrogen and oxygen atoms in total. The van der Waals surface area contributed by atoms with Gasteiger partial charge in [-0.2, -0.15) is 5.26 Å². The van der Waals surface area contributed by atoms with Crippen LogP contribution in [-0.4, -0.2) is 15.0 Å². The first-order valence-corrected chi connectivity index (χ1v) is 5.25. The Balaban J connectivity index is 2.54. The average Bonchev–Trinajstić information content (AvgIpc) is 2.74. The molecular formula is C12H12N4. The van der Waals surface area contributed by atoms with Gasteiger partial charge < -0.3 is 0 Å². The molecule has 0 amide bonds. The molecule has 2 aromatic rings. The summed E-state index contributed by atoms with van der Waals surface area (Å²) in [7, 11) is 0. The SMILES string of the molecule is CCCn1nnc(C#N)c1-c1ccccc1. The highest BCUT2D eigenvalue weighted by atomic mass is 15.4. The van der Waals surface area contributed by atoms with Gasteiger partial charge in [0.25, 0.3) is 0 Å². The van der Waals surface area contributed by atoms with E-state index in [4.69, 9.17) is 5.26 Å². The first-order valence-electron chi connectivity index (χ1n) is 5.25. The Morgan fingerprint density at radius 2 is 2.06 bits per heavy atom. The number of hydrogen-bond donors (Lipinski definition) is 0. The van der Waals surface area contributed by atoms with Crippen molar-refractivity contribution in [2.24, 2.45) is 0 Å². The van der Waals surface area contributed by atoms with Gasteiger partial charge in [-0.05, 0) is 6.42 Å². The van der Waals surface area contributed by atoms with Crippen molar-refractivity contribution in [3.8, 4) is 17.3 Å². The largest absolute Gasteiger partial charge is 0.243 e. The fourth-order valence-electron chi connectivity index (χ4n) is 1.64. The Morgan fingerprint density at radius 3 is 2.69 bits per heavy atom. The summed E-state index contributed by atoms with van der Waals surface area (Å²) in [5, 5.41) is 16.9. The van der Waals surface area contributed by atoms with Crippen molar-refractivity contribution < 1.29 is 0 Å². The molecule has 0 bridgehead atoms. The smallest absolute Gasteiger partial charge is 0.190 e. The zero-order valence-corrected chi connectivity index (χ0v) is 9.09. The lowest BCUT2D eigenvalue weighted by molar-refractivity contribution is 0.584. The second-order valence-electron chi connectivity index (χ2n) is 3.49. The predicted octanol–water partition coefficient (Wildman–Crippen LogP) is 2.23. The minimum atomic E-state index is 0.389. The van der Waals surface area contributed by atoms with E-state index >= 15 is 0 Å². The van der Waals surface area contributed by atoms with Gasteiger partial charge >= 0.3 is 0 Å². The van der Waals surface area contributed by atoms with Crippen LogP contribution in [-0.2, 0) is 6.54 Å². The lowest BCUT2D eigenvalue weighted by Gasteiger charge is -2.04. The molecule has 0 radical (unpaired) electrons. The Morgan fingerprint density at radius 1 is 1.31 bits per heavy atom. The van der Waals surface area contributed by atoms with Crippen LogP contribution in [0.1, 0.15) is 19.0 Å². The van der Waals surface area contributed by atoms with Crippen LogP contribution in [0.4, 0.5) is 0 Å². The molecule has 0 atom stereocenters. The van der Waals surface area contributed by atoms with E-state index in [9.17, 15) is 0 Å². The zero-order chi connectivity index (χ0) is 11.4. The number of hydrogen-bond acceptors (Lipinski definition) is 3. The highest BCUT2D eigenvalue weighted by Gasteiger charge is 2.13. The van der Waals surface area contributed by atoms with Gasteiger partial charge in [-0.25, -0.2) is 4.68 Å². The molecule has 0 aliphatic heterocycles. The summed E-state index contributed by atoms with van der Waals surface area (Å²) >= 11 is 0. The van der Waals surface area contributed by atoms with Gasteiger partial charge in [0, 0.05) is 12.1 Å². The summed E-state index contributed by atoms with van der Waals surface area (Å²) < 4.78 is 1.79.